The van der Waals surface area contributed by atoms with Crippen molar-refractivity contribution in [2.24, 2.45) is 7.05 Å². The summed E-state index contributed by atoms with van der Waals surface area (Å²) in [6.07, 6.45) is 0. The van der Waals surface area contributed by atoms with Gasteiger partial charge in [0.05, 0.1) is 10.1 Å². The molecule has 0 aromatic carbocycles. The van der Waals surface area contributed by atoms with Crippen LogP contribution in [0.15, 0.2) is 27.1 Å². The molecular formula is C10H10N6OS2. The minimum absolute atomic E-state index is 0.00841. The predicted molar refractivity (Wildman–Crippen MR) is 70.7 cm³/mol. The van der Waals surface area contributed by atoms with Crippen molar-refractivity contribution in [1.29, 1.82) is 0 Å². The molecule has 19 heavy (non-hydrogen) atoms. The topological polar surface area (TPSA) is 82.5 Å². The third-order valence-electron chi connectivity index (χ3n) is 2.38. The lowest BCUT2D eigenvalue weighted by molar-refractivity contribution is 0.509. The SMILES string of the molecule is C[C@H](Sc1nnnn1C)c1nnc(-c2cccs2)o1. The van der Waals surface area contributed by atoms with Gasteiger partial charge in [0.1, 0.15) is 0 Å². The molecule has 0 saturated heterocycles. The van der Waals surface area contributed by atoms with Crippen molar-refractivity contribution in [1.82, 2.24) is 30.4 Å². The van der Waals surface area contributed by atoms with Gasteiger partial charge in [0, 0.05) is 7.05 Å². The molecule has 98 valence electrons. The van der Waals surface area contributed by atoms with Crippen LogP contribution in [0.4, 0.5) is 0 Å². The highest BCUT2D eigenvalue weighted by atomic mass is 32.2. The van der Waals surface area contributed by atoms with Crippen molar-refractivity contribution in [3.63, 3.8) is 0 Å². The third-order valence-corrected chi connectivity index (χ3v) is 4.35. The van der Waals surface area contributed by atoms with Gasteiger partial charge in [0.2, 0.25) is 11.0 Å². The second kappa shape index (κ2) is 5.10. The van der Waals surface area contributed by atoms with Crippen LogP contribution in [0.3, 0.4) is 0 Å². The van der Waals surface area contributed by atoms with Gasteiger partial charge in [-0.2, -0.15) is 0 Å². The summed E-state index contributed by atoms with van der Waals surface area (Å²) in [5.41, 5.74) is 0. The smallest absolute Gasteiger partial charge is 0.257 e. The molecule has 0 amide bonds. The van der Waals surface area contributed by atoms with Crippen LogP contribution in [-0.2, 0) is 7.05 Å². The highest BCUT2D eigenvalue weighted by molar-refractivity contribution is 7.99. The van der Waals surface area contributed by atoms with Crippen molar-refractivity contribution in [3.05, 3.63) is 23.4 Å². The molecule has 0 aliphatic rings. The van der Waals surface area contributed by atoms with E-state index in [0.29, 0.717) is 16.9 Å². The normalized spacial score (nSPS) is 12.7. The molecule has 0 N–H and O–H groups in total. The zero-order chi connectivity index (χ0) is 13.2. The van der Waals surface area contributed by atoms with Crippen LogP contribution >= 0.6 is 23.1 Å². The minimum atomic E-state index is -0.00841. The summed E-state index contributed by atoms with van der Waals surface area (Å²) in [6, 6.07) is 3.90. The Bertz CT molecular complexity index is 661. The van der Waals surface area contributed by atoms with E-state index in [4.69, 9.17) is 4.42 Å². The molecule has 0 fully saturated rings. The number of tetrazole rings is 1. The Balaban J connectivity index is 1.77. The third kappa shape index (κ3) is 2.51. The molecule has 0 unspecified atom stereocenters. The highest BCUT2D eigenvalue weighted by Gasteiger charge is 2.19. The maximum atomic E-state index is 5.67. The van der Waals surface area contributed by atoms with Crippen molar-refractivity contribution in [2.75, 3.05) is 0 Å². The second-order valence-corrected chi connectivity index (χ2v) is 6.02. The molecule has 9 heteroatoms. The molecule has 0 radical (unpaired) electrons. The summed E-state index contributed by atoms with van der Waals surface area (Å²) in [7, 11) is 1.79. The Morgan fingerprint density at radius 2 is 2.26 bits per heavy atom. The van der Waals surface area contributed by atoms with E-state index >= 15 is 0 Å². The van der Waals surface area contributed by atoms with Crippen LogP contribution in [0, 0.1) is 0 Å². The first-order valence-corrected chi connectivity index (χ1v) is 7.26. The number of hydrogen-bond donors (Lipinski definition) is 0. The molecule has 3 heterocycles. The van der Waals surface area contributed by atoms with Gasteiger partial charge in [-0.25, -0.2) is 4.68 Å². The monoisotopic (exact) mass is 294 g/mol. The van der Waals surface area contributed by atoms with Crippen LogP contribution in [0.1, 0.15) is 18.1 Å². The van der Waals surface area contributed by atoms with Crippen molar-refractivity contribution < 1.29 is 4.42 Å². The van der Waals surface area contributed by atoms with E-state index in [2.05, 4.69) is 25.7 Å². The van der Waals surface area contributed by atoms with Crippen molar-refractivity contribution >= 4 is 23.1 Å². The Morgan fingerprint density at radius 3 is 2.95 bits per heavy atom. The number of aromatic nitrogens is 6. The van der Waals surface area contributed by atoms with E-state index in [9.17, 15) is 0 Å². The fraction of sp³-hybridized carbons (Fsp3) is 0.300. The molecule has 0 aliphatic carbocycles. The highest BCUT2D eigenvalue weighted by Crippen LogP contribution is 2.33. The lowest BCUT2D eigenvalue weighted by atomic mass is 10.5. The number of hydrogen-bond acceptors (Lipinski definition) is 8. The zero-order valence-electron chi connectivity index (χ0n) is 10.2. The molecular weight excluding hydrogens is 284 g/mol. The number of thioether (sulfide) groups is 1. The summed E-state index contributed by atoms with van der Waals surface area (Å²) < 4.78 is 7.28. The average molecular weight is 294 g/mol. The van der Waals surface area contributed by atoms with Crippen LogP contribution < -0.4 is 0 Å². The summed E-state index contributed by atoms with van der Waals surface area (Å²) in [5.74, 6) is 1.12. The molecule has 0 aliphatic heterocycles. The Hall–Kier alpha value is -1.74. The first kappa shape index (κ1) is 12.3. The van der Waals surface area contributed by atoms with Crippen LogP contribution in [0.2, 0.25) is 0 Å². The molecule has 7 nitrogen and oxygen atoms in total. The summed E-state index contributed by atoms with van der Waals surface area (Å²) in [5, 5.41) is 22.1. The van der Waals surface area contributed by atoms with Gasteiger partial charge in [-0.05, 0) is 28.8 Å². The van der Waals surface area contributed by atoms with E-state index in [1.54, 1.807) is 23.1 Å². The molecule has 3 aromatic rings. The standard InChI is InChI=1S/C10H10N6OS2/c1-6(19-10-13-14-15-16(10)2)8-11-12-9(17-8)7-4-3-5-18-7/h3-6H,1-2H3/t6-/m0/s1. The van der Waals surface area contributed by atoms with Crippen LogP contribution in [0.5, 0.6) is 0 Å². The molecule has 0 bridgehead atoms. The second-order valence-electron chi connectivity index (χ2n) is 3.77. The van der Waals surface area contributed by atoms with E-state index < -0.39 is 0 Å². The van der Waals surface area contributed by atoms with Crippen molar-refractivity contribution in [3.8, 4) is 10.8 Å². The number of rotatable bonds is 4. The van der Waals surface area contributed by atoms with E-state index in [1.807, 2.05) is 24.4 Å². The lowest BCUT2D eigenvalue weighted by Gasteiger charge is -2.03. The van der Waals surface area contributed by atoms with Crippen LogP contribution in [0.25, 0.3) is 10.8 Å². The Labute approximate surface area is 117 Å². The van der Waals surface area contributed by atoms with Crippen LogP contribution in [-0.4, -0.2) is 30.4 Å². The molecule has 3 rings (SSSR count). The summed E-state index contributed by atoms with van der Waals surface area (Å²) in [6.45, 7) is 1.98. The minimum Gasteiger partial charge on any atom is -0.419 e. The zero-order valence-corrected chi connectivity index (χ0v) is 11.9. The van der Waals surface area contributed by atoms with Gasteiger partial charge in [-0.3, -0.25) is 0 Å². The largest absolute Gasteiger partial charge is 0.419 e. The number of thiophene rings is 1. The molecule has 0 saturated carbocycles. The van der Waals surface area contributed by atoms with Gasteiger partial charge >= 0.3 is 0 Å². The van der Waals surface area contributed by atoms with E-state index in [-0.39, 0.29) is 5.25 Å². The summed E-state index contributed by atoms with van der Waals surface area (Å²) >= 11 is 3.04. The Morgan fingerprint density at radius 1 is 1.37 bits per heavy atom. The Kier molecular flexibility index (Phi) is 3.30. The fourth-order valence-electron chi connectivity index (χ4n) is 1.43. The predicted octanol–water partition coefficient (Wildman–Crippen LogP) is 2.17. The number of nitrogens with zero attached hydrogens (tertiary/aromatic N) is 6. The van der Waals surface area contributed by atoms with Gasteiger partial charge in [0.25, 0.3) is 5.89 Å². The van der Waals surface area contributed by atoms with Gasteiger partial charge in [0.15, 0.2) is 0 Å². The first-order valence-electron chi connectivity index (χ1n) is 5.50. The number of aryl methyl sites for hydroxylation is 1. The molecule has 3 aromatic heterocycles. The molecule has 1 atom stereocenters. The maximum absolute atomic E-state index is 5.67. The molecule has 0 spiro atoms. The fourth-order valence-corrected chi connectivity index (χ4v) is 2.86. The van der Waals surface area contributed by atoms with Crippen molar-refractivity contribution in [2.45, 2.75) is 17.3 Å². The van der Waals surface area contributed by atoms with Gasteiger partial charge in [-0.15, -0.1) is 26.6 Å². The first-order chi connectivity index (χ1) is 9.24. The summed E-state index contributed by atoms with van der Waals surface area (Å²) in [4.78, 5) is 0.969. The maximum Gasteiger partial charge on any atom is 0.257 e. The van der Waals surface area contributed by atoms with Gasteiger partial charge in [-0.1, -0.05) is 17.8 Å². The lowest BCUT2D eigenvalue weighted by Crippen LogP contribution is -1.96. The van der Waals surface area contributed by atoms with E-state index in [1.165, 1.54) is 11.8 Å². The quantitative estimate of drug-likeness (QED) is 0.682. The van der Waals surface area contributed by atoms with E-state index in [0.717, 1.165) is 4.88 Å². The average Bonchev–Trinajstić information content (AvgIpc) is 3.09. The van der Waals surface area contributed by atoms with Gasteiger partial charge < -0.3 is 4.42 Å².